The maximum atomic E-state index is 12.3. The van der Waals surface area contributed by atoms with Gasteiger partial charge >= 0.3 is 0 Å². The number of amides is 1. The molecular weight excluding hydrogens is 250 g/mol. The molecule has 1 unspecified atom stereocenters. The van der Waals surface area contributed by atoms with Crippen LogP contribution in [-0.4, -0.2) is 28.5 Å². The highest BCUT2D eigenvalue weighted by Crippen LogP contribution is 2.27. The summed E-state index contributed by atoms with van der Waals surface area (Å²) >= 11 is 0. The Balaban J connectivity index is 1.68. The molecule has 1 atom stereocenters. The average molecular weight is 275 g/mol. The van der Waals surface area contributed by atoms with Gasteiger partial charge in [0.25, 0.3) is 0 Å². The number of aryl methyl sites for hydroxylation is 1. The van der Waals surface area contributed by atoms with Gasteiger partial charge < -0.3 is 15.2 Å². The van der Waals surface area contributed by atoms with Gasteiger partial charge in [0.05, 0.1) is 0 Å². The van der Waals surface area contributed by atoms with Gasteiger partial charge in [-0.05, 0) is 49.7 Å². The van der Waals surface area contributed by atoms with Crippen LogP contribution in [-0.2, 0) is 17.8 Å². The van der Waals surface area contributed by atoms with Gasteiger partial charge in [-0.15, -0.1) is 0 Å². The van der Waals surface area contributed by atoms with Crippen molar-refractivity contribution in [2.24, 2.45) is 5.73 Å². The third-order valence-corrected chi connectivity index (χ3v) is 4.63. The first kappa shape index (κ1) is 13.7. The largest absolute Gasteiger partial charge is 0.344 e. The first-order valence-corrected chi connectivity index (χ1v) is 7.96. The molecule has 2 aliphatic rings. The molecule has 0 radical (unpaired) electrons. The molecule has 0 spiro atoms. The Morgan fingerprint density at radius 2 is 1.95 bits per heavy atom. The smallest absolute Gasteiger partial charge is 0.242 e. The van der Waals surface area contributed by atoms with Crippen LogP contribution in [0.3, 0.4) is 0 Å². The summed E-state index contributed by atoms with van der Waals surface area (Å²) < 4.78 is 2.05. The molecule has 1 saturated heterocycles. The van der Waals surface area contributed by atoms with E-state index >= 15 is 0 Å². The van der Waals surface area contributed by atoms with Crippen molar-refractivity contribution in [2.45, 2.75) is 57.5 Å². The van der Waals surface area contributed by atoms with Crippen LogP contribution in [0.2, 0.25) is 0 Å². The lowest BCUT2D eigenvalue weighted by Crippen LogP contribution is -2.37. The lowest BCUT2D eigenvalue weighted by molar-refractivity contribution is -0.132. The van der Waals surface area contributed by atoms with E-state index in [2.05, 4.69) is 12.4 Å². The number of likely N-dealkylation sites (tertiary alicyclic amines) is 1. The Hall–Kier alpha value is -1.29. The fourth-order valence-corrected chi connectivity index (χ4v) is 3.44. The molecule has 1 aliphatic carbocycles. The minimum atomic E-state index is 0.152. The number of rotatable bonds is 2. The van der Waals surface area contributed by atoms with Crippen LogP contribution in [0.15, 0.2) is 12.4 Å². The summed E-state index contributed by atoms with van der Waals surface area (Å²) in [7, 11) is 0. The van der Waals surface area contributed by atoms with Gasteiger partial charge in [0.2, 0.25) is 5.91 Å². The van der Waals surface area contributed by atoms with E-state index in [1.54, 1.807) is 0 Å². The van der Waals surface area contributed by atoms with Crippen molar-refractivity contribution in [2.75, 3.05) is 13.1 Å². The third-order valence-electron chi connectivity index (χ3n) is 4.63. The molecular formula is C16H25N3O. The summed E-state index contributed by atoms with van der Waals surface area (Å²) in [6.07, 6.45) is 12.4. The molecule has 1 aliphatic heterocycles. The number of hydrogen-bond acceptors (Lipinski definition) is 2. The highest BCUT2D eigenvalue weighted by atomic mass is 16.2. The van der Waals surface area contributed by atoms with E-state index in [4.69, 9.17) is 5.73 Å². The molecule has 0 aromatic carbocycles. The number of carbonyl (C=O) groups is 1. The molecule has 1 amide bonds. The molecule has 4 heteroatoms. The van der Waals surface area contributed by atoms with Crippen molar-refractivity contribution in [3.63, 3.8) is 0 Å². The molecule has 0 bridgehead atoms. The zero-order valence-corrected chi connectivity index (χ0v) is 12.2. The van der Waals surface area contributed by atoms with Crippen LogP contribution >= 0.6 is 0 Å². The zero-order valence-electron chi connectivity index (χ0n) is 12.2. The number of carbonyl (C=O) groups excluding carboxylic acids is 1. The van der Waals surface area contributed by atoms with E-state index in [0.717, 1.165) is 38.8 Å². The maximum absolute atomic E-state index is 12.3. The predicted molar refractivity (Wildman–Crippen MR) is 79.3 cm³/mol. The molecule has 110 valence electrons. The molecule has 0 saturated carbocycles. The third kappa shape index (κ3) is 2.90. The summed E-state index contributed by atoms with van der Waals surface area (Å²) in [5, 5.41) is 0. The van der Waals surface area contributed by atoms with Crippen molar-refractivity contribution in [1.29, 1.82) is 0 Å². The fourth-order valence-electron chi connectivity index (χ4n) is 3.44. The average Bonchev–Trinajstić information content (AvgIpc) is 2.79. The van der Waals surface area contributed by atoms with Crippen LogP contribution in [0.25, 0.3) is 0 Å². The topological polar surface area (TPSA) is 51.3 Å². The second kappa shape index (κ2) is 6.00. The normalized spacial score (nSPS) is 23.2. The van der Waals surface area contributed by atoms with Crippen molar-refractivity contribution >= 4 is 5.91 Å². The number of aromatic nitrogens is 1. The summed E-state index contributed by atoms with van der Waals surface area (Å²) in [4.78, 5) is 14.3. The van der Waals surface area contributed by atoms with Gasteiger partial charge in [-0.3, -0.25) is 4.79 Å². The van der Waals surface area contributed by atoms with E-state index in [1.165, 1.54) is 30.4 Å². The molecule has 1 fully saturated rings. The van der Waals surface area contributed by atoms with Crippen molar-refractivity contribution < 1.29 is 4.79 Å². The van der Waals surface area contributed by atoms with E-state index < -0.39 is 0 Å². The van der Waals surface area contributed by atoms with Crippen molar-refractivity contribution in [1.82, 2.24) is 9.47 Å². The lowest BCUT2D eigenvalue weighted by Gasteiger charge is -2.26. The first-order chi connectivity index (χ1) is 9.74. The highest BCUT2D eigenvalue weighted by molar-refractivity contribution is 5.76. The second-order valence-electron chi connectivity index (χ2n) is 6.20. The molecule has 4 nitrogen and oxygen atoms in total. The minimum absolute atomic E-state index is 0.152. The van der Waals surface area contributed by atoms with Gasteiger partial charge in [0.1, 0.15) is 6.54 Å². The zero-order chi connectivity index (χ0) is 13.9. The maximum Gasteiger partial charge on any atom is 0.242 e. The van der Waals surface area contributed by atoms with Gasteiger partial charge in [-0.2, -0.15) is 0 Å². The van der Waals surface area contributed by atoms with Crippen LogP contribution in [0.1, 0.15) is 55.7 Å². The summed E-state index contributed by atoms with van der Waals surface area (Å²) in [5.74, 6) is 0.253. The molecule has 20 heavy (non-hydrogen) atoms. The van der Waals surface area contributed by atoms with E-state index in [1.807, 2.05) is 9.47 Å². The number of piperidine rings is 1. The standard InChI is InChI=1S/C16H25N3O/c17-15-7-3-2-6-13-10-18(11-14(13)15)12-16(20)19-8-4-1-5-9-19/h10-11,15H,1-9,12,17H2. The van der Waals surface area contributed by atoms with Crippen LogP contribution in [0, 0.1) is 0 Å². The monoisotopic (exact) mass is 275 g/mol. The van der Waals surface area contributed by atoms with E-state index in [0.29, 0.717) is 6.54 Å². The van der Waals surface area contributed by atoms with Gasteiger partial charge in [-0.1, -0.05) is 6.42 Å². The Labute approximate surface area is 120 Å². The Morgan fingerprint density at radius 3 is 2.75 bits per heavy atom. The second-order valence-corrected chi connectivity index (χ2v) is 6.20. The van der Waals surface area contributed by atoms with E-state index in [-0.39, 0.29) is 11.9 Å². The number of fused-ring (bicyclic) bond motifs is 1. The molecule has 1 aromatic rings. The quantitative estimate of drug-likeness (QED) is 0.841. The van der Waals surface area contributed by atoms with Crippen LogP contribution < -0.4 is 5.73 Å². The minimum Gasteiger partial charge on any atom is -0.344 e. The summed E-state index contributed by atoms with van der Waals surface area (Å²) in [6, 6.07) is 0.152. The van der Waals surface area contributed by atoms with Gasteiger partial charge in [0.15, 0.2) is 0 Å². The number of hydrogen-bond donors (Lipinski definition) is 1. The molecule has 3 rings (SSSR count). The fraction of sp³-hybridized carbons (Fsp3) is 0.688. The summed E-state index contributed by atoms with van der Waals surface area (Å²) in [6.45, 7) is 2.33. The van der Waals surface area contributed by atoms with Gasteiger partial charge in [-0.25, -0.2) is 0 Å². The summed E-state index contributed by atoms with van der Waals surface area (Å²) in [5.41, 5.74) is 8.83. The lowest BCUT2D eigenvalue weighted by atomic mass is 10.1. The van der Waals surface area contributed by atoms with E-state index in [9.17, 15) is 4.79 Å². The Bertz CT molecular complexity index is 474. The Kier molecular flexibility index (Phi) is 4.10. The van der Waals surface area contributed by atoms with Crippen LogP contribution in [0.4, 0.5) is 0 Å². The highest BCUT2D eigenvalue weighted by Gasteiger charge is 2.20. The van der Waals surface area contributed by atoms with Gasteiger partial charge in [0, 0.05) is 31.5 Å². The Morgan fingerprint density at radius 1 is 1.15 bits per heavy atom. The van der Waals surface area contributed by atoms with Crippen molar-refractivity contribution in [3.05, 3.63) is 23.5 Å². The molecule has 2 heterocycles. The number of nitrogens with zero attached hydrogens (tertiary/aromatic N) is 2. The SMILES string of the molecule is NC1CCCCc2cn(CC(=O)N3CCCCC3)cc21. The first-order valence-electron chi connectivity index (χ1n) is 7.96. The number of nitrogens with two attached hydrogens (primary N) is 1. The van der Waals surface area contributed by atoms with Crippen LogP contribution in [0.5, 0.6) is 0 Å². The predicted octanol–water partition coefficient (Wildman–Crippen LogP) is 2.23. The van der Waals surface area contributed by atoms with Crippen molar-refractivity contribution in [3.8, 4) is 0 Å². The molecule has 2 N–H and O–H groups in total. The molecule has 1 aromatic heterocycles.